The molecule has 2 saturated heterocycles. The number of ether oxygens (including phenoxy) is 1. The number of piperidine rings is 1. The maximum atomic E-state index is 14.9. The maximum absolute atomic E-state index is 14.9. The predicted octanol–water partition coefficient (Wildman–Crippen LogP) is 0.313. The molecule has 0 saturated carbocycles. The van der Waals surface area contributed by atoms with Gasteiger partial charge in [-0.05, 0) is 31.0 Å². The molecule has 0 unspecified atom stereocenters. The van der Waals surface area contributed by atoms with Crippen molar-refractivity contribution < 1.29 is 28.2 Å². The Balaban J connectivity index is 1.33. The lowest BCUT2D eigenvalue weighted by atomic mass is 9.96. The average Bonchev–Trinajstić information content (AvgIpc) is 3.39. The lowest BCUT2D eigenvalue weighted by molar-refractivity contribution is -0.759. The van der Waals surface area contributed by atoms with Crippen LogP contribution in [0, 0.1) is 11.7 Å². The Bertz CT molecular complexity index is 1050. The number of primary amides is 1. The molecule has 176 valence electrons. The number of H-pyrrole nitrogens is 1. The van der Waals surface area contributed by atoms with Crippen LogP contribution < -0.4 is 25.5 Å². The summed E-state index contributed by atoms with van der Waals surface area (Å²) in [7, 11) is 0. The zero-order chi connectivity index (χ0) is 23.5. The van der Waals surface area contributed by atoms with Crippen LogP contribution in [0.25, 0.3) is 0 Å². The second kappa shape index (κ2) is 9.43. The minimum Gasteiger partial charge on any atom is -0.442 e. The molecule has 1 aromatic carbocycles. The summed E-state index contributed by atoms with van der Waals surface area (Å²) in [4.78, 5) is 37.8. The summed E-state index contributed by atoms with van der Waals surface area (Å²) in [6.07, 6.45) is 2.26. The molecule has 3 amide bonds. The van der Waals surface area contributed by atoms with Gasteiger partial charge in [-0.15, -0.1) is 0 Å². The number of nitrogens with two attached hydrogens (primary N) is 1. The highest BCUT2D eigenvalue weighted by atomic mass is 19.1. The summed E-state index contributed by atoms with van der Waals surface area (Å²) in [6, 6.07) is 4.73. The molecule has 1 aromatic heterocycles. The summed E-state index contributed by atoms with van der Waals surface area (Å²) < 4.78 is 21.9. The molecule has 0 radical (unpaired) electrons. The van der Waals surface area contributed by atoms with E-state index in [-0.39, 0.29) is 24.7 Å². The minimum atomic E-state index is -0.579. The van der Waals surface area contributed by atoms with Gasteiger partial charge in [0, 0.05) is 25.9 Å². The van der Waals surface area contributed by atoms with Crippen molar-refractivity contribution in [1.29, 1.82) is 0 Å². The van der Waals surface area contributed by atoms with Crippen LogP contribution in [0.3, 0.4) is 0 Å². The number of nitrogens with zero attached hydrogens (tertiary/aromatic N) is 4. The first-order valence-corrected chi connectivity index (χ1v) is 10.8. The van der Waals surface area contributed by atoms with Gasteiger partial charge in [-0.2, -0.15) is 4.68 Å². The Morgan fingerprint density at radius 2 is 2.12 bits per heavy atom. The maximum Gasteiger partial charge on any atom is 0.414 e. The van der Waals surface area contributed by atoms with Gasteiger partial charge in [-0.3, -0.25) is 14.5 Å². The molecule has 4 N–H and O–H groups in total. The number of halogens is 1. The summed E-state index contributed by atoms with van der Waals surface area (Å²) in [5, 5.41) is 9.26. The molecule has 3 heterocycles. The van der Waals surface area contributed by atoms with Gasteiger partial charge in [0.1, 0.15) is 18.5 Å². The van der Waals surface area contributed by atoms with Gasteiger partial charge >= 0.3 is 11.8 Å². The first-order valence-electron chi connectivity index (χ1n) is 10.8. The second-order valence-corrected chi connectivity index (χ2v) is 8.36. The van der Waals surface area contributed by atoms with Crippen molar-refractivity contribution in [3.05, 3.63) is 35.9 Å². The number of aromatic amines is 1. The van der Waals surface area contributed by atoms with E-state index in [1.54, 1.807) is 23.0 Å². The third-order valence-electron chi connectivity index (χ3n) is 5.94. The average molecular weight is 460 g/mol. The van der Waals surface area contributed by atoms with E-state index >= 15 is 0 Å². The van der Waals surface area contributed by atoms with Crippen molar-refractivity contribution in [2.45, 2.75) is 32.4 Å². The van der Waals surface area contributed by atoms with E-state index in [1.165, 1.54) is 17.9 Å². The number of amides is 3. The number of rotatable bonds is 7. The molecule has 33 heavy (non-hydrogen) atoms. The number of carbonyl (C=O) groups is 3. The topological polar surface area (TPSA) is 138 Å². The second-order valence-electron chi connectivity index (χ2n) is 8.36. The number of benzene rings is 1. The van der Waals surface area contributed by atoms with Crippen molar-refractivity contribution in [3.8, 4) is 0 Å². The van der Waals surface area contributed by atoms with Crippen LogP contribution in [0.4, 0.5) is 20.6 Å². The van der Waals surface area contributed by atoms with Gasteiger partial charge in [0.05, 0.1) is 29.6 Å². The normalized spacial score (nSPS) is 19.0. The molecule has 0 spiro atoms. The number of aromatic nitrogens is 3. The highest BCUT2D eigenvalue weighted by molar-refractivity contribution is 5.90. The number of anilines is 2. The fourth-order valence-electron chi connectivity index (χ4n) is 4.19. The molecule has 1 atom stereocenters. The van der Waals surface area contributed by atoms with Crippen LogP contribution in [0.2, 0.25) is 0 Å². The largest absolute Gasteiger partial charge is 0.442 e. The molecule has 0 bridgehead atoms. The molecule has 2 aliphatic heterocycles. The molecule has 11 nitrogen and oxygen atoms in total. The van der Waals surface area contributed by atoms with E-state index in [0.717, 1.165) is 12.8 Å². The quantitative estimate of drug-likeness (QED) is 0.509. The predicted molar refractivity (Wildman–Crippen MR) is 115 cm³/mol. The van der Waals surface area contributed by atoms with E-state index in [1.807, 2.05) is 4.90 Å². The van der Waals surface area contributed by atoms with Crippen LogP contribution in [-0.2, 0) is 16.1 Å². The number of hydrogen-bond acceptors (Lipinski definition) is 6. The number of cyclic esters (lactones) is 1. The van der Waals surface area contributed by atoms with E-state index in [0.29, 0.717) is 36.9 Å². The lowest BCUT2D eigenvalue weighted by Gasteiger charge is -2.33. The van der Waals surface area contributed by atoms with E-state index in [2.05, 4.69) is 15.6 Å². The Kier molecular flexibility index (Phi) is 6.43. The summed E-state index contributed by atoms with van der Waals surface area (Å²) >= 11 is 0. The Hall–Kier alpha value is -3.70. The molecule has 2 fully saturated rings. The highest BCUT2D eigenvalue weighted by Crippen LogP contribution is 2.30. The first kappa shape index (κ1) is 22.5. The zero-order valence-corrected chi connectivity index (χ0v) is 18.3. The van der Waals surface area contributed by atoms with Crippen LogP contribution in [0.1, 0.15) is 30.3 Å². The van der Waals surface area contributed by atoms with Gasteiger partial charge in [0.15, 0.2) is 6.20 Å². The lowest BCUT2D eigenvalue weighted by Crippen LogP contribution is -2.43. The van der Waals surface area contributed by atoms with Crippen molar-refractivity contribution in [2.24, 2.45) is 11.7 Å². The number of nitrogens with one attached hydrogen (secondary N) is 2. The zero-order valence-electron chi connectivity index (χ0n) is 18.3. The van der Waals surface area contributed by atoms with E-state index in [4.69, 9.17) is 10.5 Å². The van der Waals surface area contributed by atoms with Crippen LogP contribution in [0.15, 0.2) is 24.4 Å². The Morgan fingerprint density at radius 1 is 1.36 bits per heavy atom. The van der Waals surface area contributed by atoms with Crippen LogP contribution in [-0.4, -0.2) is 60.5 Å². The third kappa shape index (κ3) is 5.21. The first-order chi connectivity index (χ1) is 15.8. The van der Waals surface area contributed by atoms with Gasteiger partial charge < -0.3 is 20.7 Å². The standard InChI is InChI=1S/C21H26FN7O4/c1-13(30)24-9-16-11-29(21(32)33-16)15-2-3-19(17(22)8-15)27-6-4-14(5-7-27)10-28-12-18(20(23)31)25-26-28/h2-3,8,12,14,16H,4-7,9-11H2,1H3,(H3,23,24,30,31)/p+1/t16-/m0/s1. The van der Waals surface area contributed by atoms with Crippen LogP contribution in [0.5, 0.6) is 0 Å². The molecule has 2 aromatic rings. The summed E-state index contributed by atoms with van der Waals surface area (Å²) in [5.41, 5.74) is 6.33. The van der Waals surface area contributed by atoms with Crippen molar-refractivity contribution in [2.75, 3.05) is 36.0 Å². The Morgan fingerprint density at radius 3 is 2.76 bits per heavy atom. The van der Waals surface area contributed by atoms with E-state index in [9.17, 15) is 18.8 Å². The van der Waals surface area contributed by atoms with Gasteiger partial charge in [-0.25, -0.2) is 9.18 Å². The fourth-order valence-corrected chi connectivity index (χ4v) is 4.19. The molecule has 4 rings (SSSR count). The number of hydrogen-bond donors (Lipinski definition) is 3. The smallest absolute Gasteiger partial charge is 0.414 e. The van der Waals surface area contributed by atoms with Crippen molar-refractivity contribution in [3.63, 3.8) is 0 Å². The minimum absolute atomic E-state index is 0.193. The van der Waals surface area contributed by atoms with Crippen molar-refractivity contribution >= 4 is 29.3 Å². The monoisotopic (exact) mass is 460 g/mol. The highest BCUT2D eigenvalue weighted by Gasteiger charge is 2.33. The van der Waals surface area contributed by atoms with Gasteiger partial charge in [-0.1, -0.05) is 5.21 Å². The fraction of sp³-hybridized carbons (Fsp3) is 0.476. The molecule has 12 heteroatoms. The summed E-state index contributed by atoms with van der Waals surface area (Å²) in [6.45, 7) is 3.89. The van der Waals surface area contributed by atoms with Gasteiger partial charge in [0.2, 0.25) is 5.91 Å². The molecule has 2 aliphatic rings. The van der Waals surface area contributed by atoms with Crippen LogP contribution >= 0.6 is 0 Å². The molecular weight excluding hydrogens is 433 g/mol. The molecular formula is C21H27FN7O4+. The van der Waals surface area contributed by atoms with Gasteiger partial charge in [0.25, 0.3) is 5.91 Å². The molecule has 0 aliphatic carbocycles. The van der Waals surface area contributed by atoms with Crippen molar-refractivity contribution in [1.82, 2.24) is 15.6 Å². The third-order valence-corrected chi connectivity index (χ3v) is 5.94. The van der Waals surface area contributed by atoms with E-state index < -0.39 is 23.9 Å². The summed E-state index contributed by atoms with van der Waals surface area (Å²) in [5.74, 6) is -0.834. The SMILES string of the molecule is CC(=O)NC[C@H]1CN(c2ccc(N3CCC(C[n+]4cc(C(N)=O)n[nH]4)CC3)c(F)c2)C(=O)O1. The number of carbonyl (C=O) groups excluding carboxylic acids is 3. The Labute approximate surface area is 189 Å².